The molecule has 0 aliphatic rings. The van der Waals surface area contributed by atoms with E-state index in [1.54, 1.807) is 0 Å². The highest BCUT2D eigenvalue weighted by atomic mass is 19.4. The van der Waals surface area contributed by atoms with Crippen molar-refractivity contribution in [1.29, 1.82) is 0 Å². The molecule has 0 aliphatic heterocycles. The van der Waals surface area contributed by atoms with Gasteiger partial charge in [0, 0.05) is 13.5 Å². The summed E-state index contributed by atoms with van der Waals surface area (Å²) in [5, 5.41) is 11.3. The van der Waals surface area contributed by atoms with Crippen LogP contribution in [0.4, 0.5) is 13.2 Å². The van der Waals surface area contributed by atoms with Crippen LogP contribution in [-0.4, -0.2) is 43.6 Å². The Morgan fingerprint density at radius 2 is 2.06 bits per heavy atom. The summed E-state index contributed by atoms with van der Waals surface area (Å²) >= 11 is 0. The average molecular weight is 243 g/mol. The molecule has 1 atom stereocenters. The highest BCUT2D eigenvalue weighted by Gasteiger charge is 2.25. The second-order valence-corrected chi connectivity index (χ2v) is 3.37. The fraction of sp³-hybridized carbons (Fsp3) is 0.889. The second kappa shape index (κ2) is 7.45. The minimum Gasteiger partial charge on any atom is -0.480 e. The first-order valence-electron chi connectivity index (χ1n) is 4.88. The minimum atomic E-state index is -4.14. The van der Waals surface area contributed by atoms with Crippen molar-refractivity contribution in [1.82, 2.24) is 5.32 Å². The molecule has 2 N–H and O–H groups in total. The van der Waals surface area contributed by atoms with Crippen molar-refractivity contribution in [2.24, 2.45) is 0 Å². The lowest BCUT2D eigenvalue weighted by atomic mass is 10.2. The normalized spacial score (nSPS) is 13.8. The van der Waals surface area contributed by atoms with E-state index < -0.39 is 24.6 Å². The van der Waals surface area contributed by atoms with E-state index >= 15 is 0 Å². The Balaban J connectivity index is 3.59. The zero-order chi connectivity index (χ0) is 12.6. The molecule has 7 heteroatoms. The van der Waals surface area contributed by atoms with Crippen LogP contribution in [0.5, 0.6) is 0 Å². The van der Waals surface area contributed by atoms with Crippen molar-refractivity contribution in [3.05, 3.63) is 0 Å². The number of ether oxygens (including phenoxy) is 1. The fourth-order valence-electron chi connectivity index (χ4n) is 1.11. The third kappa shape index (κ3) is 8.49. The summed E-state index contributed by atoms with van der Waals surface area (Å²) in [6.45, 7) is 0.227. The summed E-state index contributed by atoms with van der Waals surface area (Å²) in [6.07, 6.45) is -4.70. The zero-order valence-corrected chi connectivity index (χ0v) is 9.01. The number of unbranched alkanes of at least 4 members (excludes halogenated alkanes) is 1. The molecule has 0 aromatic heterocycles. The number of carboxylic acids is 1. The van der Waals surface area contributed by atoms with Crippen LogP contribution in [0.1, 0.15) is 19.3 Å². The maximum absolute atomic E-state index is 11.8. The summed E-state index contributed by atoms with van der Waals surface area (Å²) < 4.78 is 39.9. The maximum atomic E-state index is 11.8. The van der Waals surface area contributed by atoms with Crippen molar-refractivity contribution in [3.63, 3.8) is 0 Å². The van der Waals surface area contributed by atoms with Gasteiger partial charge in [0.15, 0.2) is 0 Å². The van der Waals surface area contributed by atoms with Gasteiger partial charge in [0.25, 0.3) is 0 Å². The minimum absolute atomic E-state index is 0.00415. The molecule has 0 rings (SSSR count). The monoisotopic (exact) mass is 243 g/mol. The molecule has 1 unspecified atom stereocenters. The highest BCUT2D eigenvalue weighted by Crippen LogP contribution is 2.21. The largest absolute Gasteiger partial charge is 0.480 e. The molecule has 4 nitrogen and oxygen atoms in total. The molecular formula is C9H16F3NO3. The van der Waals surface area contributed by atoms with Crippen molar-refractivity contribution in [2.75, 3.05) is 20.3 Å². The molecule has 16 heavy (non-hydrogen) atoms. The first kappa shape index (κ1) is 15.2. The van der Waals surface area contributed by atoms with Gasteiger partial charge in [-0.25, -0.2) is 0 Å². The smallest absolute Gasteiger partial charge is 0.389 e. The van der Waals surface area contributed by atoms with E-state index in [2.05, 4.69) is 10.1 Å². The van der Waals surface area contributed by atoms with E-state index in [9.17, 15) is 18.0 Å². The molecule has 0 saturated carbocycles. The third-order valence-corrected chi connectivity index (χ3v) is 1.91. The fourth-order valence-corrected chi connectivity index (χ4v) is 1.11. The first-order chi connectivity index (χ1) is 7.37. The van der Waals surface area contributed by atoms with E-state index in [1.807, 2.05) is 0 Å². The van der Waals surface area contributed by atoms with Gasteiger partial charge in [0.2, 0.25) is 0 Å². The number of hydrogen-bond donors (Lipinski definition) is 2. The Kier molecular flexibility index (Phi) is 7.07. The number of halogens is 3. The number of methoxy groups -OCH3 is 1. The van der Waals surface area contributed by atoms with Crippen molar-refractivity contribution >= 4 is 5.97 Å². The molecule has 96 valence electrons. The number of nitrogens with one attached hydrogen (secondary N) is 1. The molecule has 0 amide bonds. The van der Waals surface area contributed by atoms with E-state index in [0.29, 0.717) is 0 Å². The standard InChI is InChI=1S/C9H16F3NO3/c1-16-6-7(8(14)15)13-5-3-2-4-9(10,11)12/h7,13H,2-6H2,1H3,(H,14,15). The highest BCUT2D eigenvalue weighted by molar-refractivity contribution is 5.73. The maximum Gasteiger partial charge on any atom is 0.389 e. The molecule has 0 radical (unpaired) electrons. The van der Waals surface area contributed by atoms with Gasteiger partial charge in [0.1, 0.15) is 6.04 Å². The Bertz CT molecular complexity index is 209. The SMILES string of the molecule is COCC(NCCCCC(F)(F)F)C(=O)O. The molecule has 0 heterocycles. The van der Waals surface area contributed by atoms with Gasteiger partial charge < -0.3 is 15.2 Å². The van der Waals surface area contributed by atoms with E-state index in [0.717, 1.165) is 0 Å². The summed E-state index contributed by atoms with van der Waals surface area (Å²) in [5.41, 5.74) is 0. The Morgan fingerprint density at radius 1 is 1.44 bits per heavy atom. The molecular weight excluding hydrogens is 227 g/mol. The predicted molar refractivity (Wildman–Crippen MR) is 51.2 cm³/mol. The number of carbonyl (C=O) groups is 1. The van der Waals surface area contributed by atoms with Gasteiger partial charge in [0.05, 0.1) is 6.61 Å². The lowest BCUT2D eigenvalue weighted by Gasteiger charge is -2.13. The third-order valence-electron chi connectivity index (χ3n) is 1.91. The molecule has 0 aliphatic carbocycles. The molecule has 0 fully saturated rings. The van der Waals surface area contributed by atoms with Crippen LogP contribution in [0.3, 0.4) is 0 Å². The van der Waals surface area contributed by atoms with Crippen molar-refractivity contribution < 1.29 is 27.8 Å². The topological polar surface area (TPSA) is 58.6 Å². The van der Waals surface area contributed by atoms with Crippen LogP contribution in [0.2, 0.25) is 0 Å². The summed E-state index contributed by atoms with van der Waals surface area (Å²) in [5.74, 6) is -1.07. The lowest BCUT2D eigenvalue weighted by Crippen LogP contribution is -2.40. The van der Waals surface area contributed by atoms with Crippen LogP contribution >= 0.6 is 0 Å². The van der Waals surface area contributed by atoms with Gasteiger partial charge in [-0.1, -0.05) is 0 Å². The first-order valence-corrected chi connectivity index (χ1v) is 4.88. The number of carboxylic acid groups (broad SMARTS) is 1. The number of rotatable bonds is 8. The molecule has 0 saturated heterocycles. The summed E-state index contributed by atoms with van der Waals surface area (Å²) in [6, 6.07) is -0.865. The van der Waals surface area contributed by atoms with E-state index in [4.69, 9.17) is 5.11 Å². The van der Waals surface area contributed by atoms with Gasteiger partial charge >= 0.3 is 12.1 Å². The Hall–Kier alpha value is -0.820. The summed E-state index contributed by atoms with van der Waals surface area (Å²) in [4.78, 5) is 10.6. The zero-order valence-electron chi connectivity index (χ0n) is 9.01. The molecule has 0 bridgehead atoms. The Morgan fingerprint density at radius 3 is 2.50 bits per heavy atom. The summed E-state index contributed by atoms with van der Waals surface area (Å²) in [7, 11) is 1.36. The van der Waals surface area contributed by atoms with Crippen LogP contribution in [0.15, 0.2) is 0 Å². The van der Waals surface area contributed by atoms with Gasteiger partial charge in [-0.2, -0.15) is 13.2 Å². The van der Waals surface area contributed by atoms with Gasteiger partial charge in [-0.15, -0.1) is 0 Å². The number of aliphatic carboxylic acids is 1. The van der Waals surface area contributed by atoms with Crippen LogP contribution < -0.4 is 5.32 Å². The number of alkyl halides is 3. The molecule has 0 aromatic carbocycles. The van der Waals surface area contributed by atoms with Gasteiger partial charge in [-0.3, -0.25) is 4.79 Å². The molecule has 0 aromatic rings. The van der Waals surface area contributed by atoms with Crippen molar-refractivity contribution in [2.45, 2.75) is 31.5 Å². The second-order valence-electron chi connectivity index (χ2n) is 3.37. The van der Waals surface area contributed by atoms with E-state index in [-0.39, 0.29) is 26.0 Å². The van der Waals surface area contributed by atoms with Crippen LogP contribution in [0, 0.1) is 0 Å². The van der Waals surface area contributed by atoms with Gasteiger partial charge in [-0.05, 0) is 19.4 Å². The lowest BCUT2D eigenvalue weighted by molar-refractivity contribution is -0.141. The van der Waals surface area contributed by atoms with Crippen molar-refractivity contribution in [3.8, 4) is 0 Å². The van der Waals surface area contributed by atoms with E-state index in [1.165, 1.54) is 7.11 Å². The molecule has 0 spiro atoms. The van der Waals surface area contributed by atoms with Crippen LogP contribution in [0.25, 0.3) is 0 Å². The Labute approximate surface area is 91.8 Å². The van der Waals surface area contributed by atoms with Crippen LogP contribution in [-0.2, 0) is 9.53 Å². The quantitative estimate of drug-likeness (QED) is 0.633. The average Bonchev–Trinajstić information content (AvgIpc) is 2.13. The predicted octanol–water partition coefficient (Wildman–Crippen LogP) is 1.41. The number of hydrogen-bond acceptors (Lipinski definition) is 3.